The van der Waals surface area contributed by atoms with E-state index in [4.69, 9.17) is 0 Å². The molecule has 1 aromatic carbocycles. The van der Waals surface area contributed by atoms with Gasteiger partial charge in [-0.3, -0.25) is 14.6 Å². The van der Waals surface area contributed by atoms with E-state index >= 15 is 0 Å². The van der Waals surface area contributed by atoms with Crippen LogP contribution in [0.2, 0.25) is 0 Å². The summed E-state index contributed by atoms with van der Waals surface area (Å²) in [4.78, 5) is 29.7. The molecule has 0 aliphatic carbocycles. The Morgan fingerprint density at radius 2 is 2.14 bits per heavy atom. The van der Waals surface area contributed by atoms with Gasteiger partial charge in [0, 0.05) is 37.5 Å². The predicted octanol–water partition coefficient (Wildman–Crippen LogP) is 2.58. The maximum atomic E-state index is 12.1. The lowest BCUT2D eigenvalue weighted by atomic mass is 10.2. The highest BCUT2D eigenvalue weighted by Gasteiger charge is 2.19. The van der Waals surface area contributed by atoms with Crippen molar-refractivity contribution in [2.45, 2.75) is 25.7 Å². The van der Waals surface area contributed by atoms with Crippen molar-refractivity contribution in [2.24, 2.45) is 0 Å². The van der Waals surface area contributed by atoms with E-state index < -0.39 is 0 Å². The summed E-state index contributed by atoms with van der Waals surface area (Å²) >= 11 is 0. The first-order valence-electron chi connectivity index (χ1n) is 7.65. The Kier molecular flexibility index (Phi) is 4.32. The molecule has 1 aliphatic rings. The summed E-state index contributed by atoms with van der Waals surface area (Å²) in [5.41, 5.74) is 1.54. The molecule has 0 atom stereocenters. The molecule has 0 radical (unpaired) electrons. The Morgan fingerprint density at radius 1 is 1.27 bits per heavy atom. The maximum Gasteiger partial charge on any atom is 0.224 e. The van der Waals surface area contributed by atoms with Crippen LogP contribution in [0.15, 0.2) is 36.5 Å². The molecule has 1 saturated heterocycles. The standard InChI is InChI=1S/C17H19N3O2/c21-15(8-3-11-20-12-4-9-16(20)22)19-14-7-1-5-13-6-2-10-18-17(13)14/h1-2,5-7,10H,3-4,8-9,11-12H2,(H,19,21). The highest BCUT2D eigenvalue weighted by molar-refractivity contribution is 6.00. The van der Waals surface area contributed by atoms with Crippen molar-refractivity contribution >= 4 is 28.4 Å². The Bertz CT molecular complexity index is 694. The third-order valence-corrected chi connectivity index (χ3v) is 3.91. The number of likely N-dealkylation sites (tertiary alicyclic amines) is 1. The Balaban J connectivity index is 1.56. The number of nitrogens with one attached hydrogen (secondary N) is 1. The smallest absolute Gasteiger partial charge is 0.224 e. The van der Waals surface area contributed by atoms with Gasteiger partial charge < -0.3 is 10.2 Å². The normalized spacial score (nSPS) is 14.5. The van der Waals surface area contributed by atoms with Crippen LogP contribution in [-0.2, 0) is 9.59 Å². The lowest BCUT2D eigenvalue weighted by Crippen LogP contribution is -2.26. The molecule has 22 heavy (non-hydrogen) atoms. The molecule has 1 N–H and O–H groups in total. The molecule has 0 bridgehead atoms. The zero-order valence-corrected chi connectivity index (χ0v) is 12.4. The fourth-order valence-corrected chi connectivity index (χ4v) is 2.79. The van der Waals surface area contributed by atoms with Gasteiger partial charge in [0.15, 0.2) is 0 Å². The number of nitrogens with zero attached hydrogens (tertiary/aromatic N) is 2. The van der Waals surface area contributed by atoms with Gasteiger partial charge >= 0.3 is 0 Å². The summed E-state index contributed by atoms with van der Waals surface area (Å²) < 4.78 is 0. The molecule has 0 saturated carbocycles. The van der Waals surface area contributed by atoms with Gasteiger partial charge in [-0.1, -0.05) is 18.2 Å². The minimum absolute atomic E-state index is 0.0372. The number of hydrogen-bond acceptors (Lipinski definition) is 3. The summed E-state index contributed by atoms with van der Waals surface area (Å²) in [6, 6.07) is 9.58. The molecule has 1 aliphatic heterocycles. The summed E-state index contributed by atoms with van der Waals surface area (Å²) in [7, 11) is 0. The van der Waals surface area contributed by atoms with Gasteiger partial charge in [0.05, 0.1) is 11.2 Å². The van der Waals surface area contributed by atoms with Crippen LogP contribution in [0.5, 0.6) is 0 Å². The minimum Gasteiger partial charge on any atom is -0.343 e. The van der Waals surface area contributed by atoms with Crippen LogP contribution in [0, 0.1) is 0 Å². The first-order chi connectivity index (χ1) is 10.7. The Morgan fingerprint density at radius 3 is 2.95 bits per heavy atom. The molecule has 3 rings (SSSR count). The number of aromatic nitrogens is 1. The van der Waals surface area contributed by atoms with Crippen molar-refractivity contribution in [3.63, 3.8) is 0 Å². The van der Waals surface area contributed by atoms with Crippen LogP contribution in [0.3, 0.4) is 0 Å². The predicted molar refractivity (Wildman–Crippen MR) is 85.4 cm³/mol. The van der Waals surface area contributed by atoms with Crippen molar-refractivity contribution in [3.05, 3.63) is 36.5 Å². The van der Waals surface area contributed by atoms with Crippen molar-refractivity contribution < 1.29 is 9.59 Å². The zero-order chi connectivity index (χ0) is 15.4. The van der Waals surface area contributed by atoms with Gasteiger partial charge in [0.1, 0.15) is 0 Å². The monoisotopic (exact) mass is 297 g/mol. The number of hydrogen-bond donors (Lipinski definition) is 1. The molecular weight excluding hydrogens is 278 g/mol. The molecule has 2 amide bonds. The lowest BCUT2D eigenvalue weighted by Gasteiger charge is -2.15. The van der Waals surface area contributed by atoms with Gasteiger partial charge in [0.2, 0.25) is 11.8 Å². The fourth-order valence-electron chi connectivity index (χ4n) is 2.79. The topological polar surface area (TPSA) is 62.3 Å². The van der Waals surface area contributed by atoms with E-state index in [2.05, 4.69) is 10.3 Å². The van der Waals surface area contributed by atoms with E-state index in [-0.39, 0.29) is 11.8 Å². The number of benzene rings is 1. The first kappa shape index (κ1) is 14.5. The van der Waals surface area contributed by atoms with Gasteiger partial charge in [-0.05, 0) is 25.0 Å². The number of amides is 2. The molecule has 0 unspecified atom stereocenters. The van der Waals surface area contributed by atoms with Crippen LogP contribution in [0.25, 0.3) is 10.9 Å². The summed E-state index contributed by atoms with van der Waals surface area (Å²) in [5.74, 6) is 0.170. The van der Waals surface area contributed by atoms with E-state index in [0.29, 0.717) is 25.8 Å². The molecule has 2 aromatic rings. The van der Waals surface area contributed by atoms with Crippen LogP contribution in [0.4, 0.5) is 5.69 Å². The van der Waals surface area contributed by atoms with Crippen LogP contribution in [-0.4, -0.2) is 34.8 Å². The van der Waals surface area contributed by atoms with Gasteiger partial charge in [-0.15, -0.1) is 0 Å². The maximum absolute atomic E-state index is 12.1. The summed E-state index contributed by atoms with van der Waals surface area (Å²) in [6.45, 7) is 1.49. The Labute approximate surface area is 129 Å². The van der Waals surface area contributed by atoms with Gasteiger partial charge in [-0.25, -0.2) is 0 Å². The van der Waals surface area contributed by atoms with Gasteiger partial charge in [-0.2, -0.15) is 0 Å². The molecule has 5 heteroatoms. The molecule has 1 fully saturated rings. The van der Waals surface area contributed by atoms with Crippen molar-refractivity contribution in [3.8, 4) is 0 Å². The molecule has 0 spiro atoms. The van der Waals surface area contributed by atoms with Crippen LogP contribution in [0.1, 0.15) is 25.7 Å². The van der Waals surface area contributed by atoms with E-state index in [1.807, 2.05) is 35.2 Å². The van der Waals surface area contributed by atoms with E-state index in [0.717, 1.165) is 29.6 Å². The summed E-state index contributed by atoms with van der Waals surface area (Å²) in [5, 5.41) is 3.92. The SMILES string of the molecule is O=C(CCCN1CCCC1=O)Nc1cccc2cccnc12. The third-order valence-electron chi connectivity index (χ3n) is 3.91. The van der Waals surface area contributed by atoms with E-state index in [9.17, 15) is 9.59 Å². The molecule has 2 heterocycles. The zero-order valence-electron chi connectivity index (χ0n) is 12.4. The van der Waals surface area contributed by atoms with E-state index in [1.165, 1.54) is 0 Å². The number of anilines is 1. The number of fused-ring (bicyclic) bond motifs is 1. The van der Waals surface area contributed by atoms with Crippen molar-refractivity contribution in [1.82, 2.24) is 9.88 Å². The Hall–Kier alpha value is -2.43. The second-order valence-electron chi connectivity index (χ2n) is 5.52. The average molecular weight is 297 g/mol. The molecular formula is C17H19N3O2. The van der Waals surface area contributed by atoms with Crippen LogP contribution < -0.4 is 5.32 Å². The number of rotatable bonds is 5. The second kappa shape index (κ2) is 6.56. The summed E-state index contributed by atoms with van der Waals surface area (Å²) in [6.07, 6.45) is 4.40. The third kappa shape index (κ3) is 3.24. The largest absolute Gasteiger partial charge is 0.343 e. The highest BCUT2D eigenvalue weighted by atomic mass is 16.2. The highest BCUT2D eigenvalue weighted by Crippen LogP contribution is 2.20. The molecule has 114 valence electrons. The molecule has 5 nitrogen and oxygen atoms in total. The quantitative estimate of drug-likeness (QED) is 0.922. The lowest BCUT2D eigenvalue weighted by molar-refractivity contribution is -0.128. The average Bonchev–Trinajstić information content (AvgIpc) is 2.93. The van der Waals surface area contributed by atoms with Crippen LogP contribution >= 0.6 is 0 Å². The molecule has 1 aromatic heterocycles. The van der Waals surface area contributed by atoms with Crippen molar-refractivity contribution in [1.29, 1.82) is 0 Å². The second-order valence-corrected chi connectivity index (χ2v) is 5.52. The fraction of sp³-hybridized carbons (Fsp3) is 0.353. The number of para-hydroxylation sites is 1. The van der Waals surface area contributed by atoms with Gasteiger partial charge in [0.25, 0.3) is 0 Å². The number of carbonyl (C=O) groups excluding carboxylic acids is 2. The number of carbonyl (C=O) groups is 2. The first-order valence-corrected chi connectivity index (χ1v) is 7.65. The minimum atomic E-state index is -0.0372. The van der Waals surface area contributed by atoms with E-state index in [1.54, 1.807) is 6.20 Å². The number of pyridine rings is 1. The van der Waals surface area contributed by atoms with Crippen molar-refractivity contribution in [2.75, 3.05) is 18.4 Å².